The van der Waals surface area contributed by atoms with Crippen molar-refractivity contribution in [1.29, 1.82) is 0 Å². The first-order chi connectivity index (χ1) is 9.84. The number of benzene rings is 1. The Morgan fingerprint density at radius 2 is 2.00 bits per heavy atom. The Morgan fingerprint density at radius 3 is 2.57 bits per heavy atom. The first-order valence-corrected chi connectivity index (χ1v) is 9.28. The summed E-state index contributed by atoms with van der Waals surface area (Å²) in [4.78, 5) is 2.18. The number of hydrogen-bond acceptors (Lipinski definition) is 3. The lowest BCUT2D eigenvalue weighted by atomic mass is 10.2. The number of likely N-dealkylation sites (N-methyl/N-ethyl adjacent to an activating group) is 1. The molecule has 0 spiro atoms. The molecule has 0 bridgehead atoms. The van der Waals surface area contributed by atoms with E-state index >= 15 is 0 Å². The highest BCUT2D eigenvalue weighted by Gasteiger charge is 2.11. The van der Waals surface area contributed by atoms with Gasteiger partial charge in [-0.15, -0.1) is 0 Å². The Balaban J connectivity index is 2.49. The molecule has 0 aliphatic carbocycles. The van der Waals surface area contributed by atoms with Gasteiger partial charge in [0.05, 0.1) is 5.75 Å². The minimum atomic E-state index is -3.15. The molecule has 1 N–H and O–H groups in total. The Kier molecular flexibility index (Phi) is 7.18. The maximum Gasteiger partial charge on any atom is 0.211 e. The van der Waals surface area contributed by atoms with Crippen molar-refractivity contribution in [2.45, 2.75) is 34.1 Å². The van der Waals surface area contributed by atoms with E-state index in [0.29, 0.717) is 25.4 Å². The Bertz CT molecular complexity index is 527. The third-order valence-corrected chi connectivity index (χ3v) is 4.83. The Labute approximate surface area is 129 Å². The van der Waals surface area contributed by atoms with E-state index in [1.54, 1.807) is 0 Å². The number of rotatable bonds is 9. The van der Waals surface area contributed by atoms with Crippen molar-refractivity contribution < 1.29 is 8.42 Å². The molecule has 1 aromatic rings. The van der Waals surface area contributed by atoms with Crippen LogP contribution in [0.25, 0.3) is 0 Å². The molecule has 0 aliphatic heterocycles. The molecule has 0 unspecified atom stereocenters. The van der Waals surface area contributed by atoms with E-state index in [9.17, 15) is 8.42 Å². The molecule has 0 amide bonds. The fourth-order valence-electron chi connectivity index (χ4n) is 2.09. The van der Waals surface area contributed by atoms with Gasteiger partial charge in [-0.1, -0.05) is 26.0 Å². The fraction of sp³-hybridized carbons (Fsp3) is 0.625. The Hall–Kier alpha value is -1.07. The minimum Gasteiger partial charge on any atom is -0.370 e. The molecular formula is C16H28N2O2S. The second-order valence-corrected chi connectivity index (χ2v) is 7.74. The zero-order valence-electron chi connectivity index (χ0n) is 13.6. The van der Waals surface area contributed by atoms with Crippen LogP contribution < -0.4 is 9.62 Å². The van der Waals surface area contributed by atoms with Gasteiger partial charge in [-0.2, -0.15) is 0 Å². The fourth-order valence-corrected chi connectivity index (χ4v) is 3.42. The van der Waals surface area contributed by atoms with Gasteiger partial charge in [0, 0.05) is 25.3 Å². The molecule has 4 nitrogen and oxygen atoms in total. The van der Waals surface area contributed by atoms with Gasteiger partial charge in [0.2, 0.25) is 10.0 Å². The zero-order chi connectivity index (χ0) is 15.9. The topological polar surface area (TPSA) is 49.4 Å². The van der Waals surface area contributed by atoms with Gasteiger partial charge in [0.25, 0.3) is 0 Å². The molecule has 0 radical (unpaired) electrons. The van der Waals surface area contributed by atoms with Gasteiger partial charge in [-0.25, -0.2) is 13.1 Å². The smallest absolute Gasteiger partial charge is 0.211 e. The summed E-state index contributed by atoms with van der Waals surface area (Å²) < 4.78 is 26.4. The summed E-state index contributed by atoms with van der Waals surface area (Å²) in [5.74, 6) is 0.613. The van der Waals surface area contributed by atoms with Crippen LogP contribution in [0.4, 0.5) is 5.69 Å². The van der Waals surface area contributed by atoms with Gasteiger partial charge < -0.3 is 4.90 Å². The second kappa shape index (κ2) is 8.39. The predicted molar refractivity (Wildman–Crippen MR) is 90.3 cm³/mol. The van der Waals surface area contributed by atoms with Crippen molar-refractivity contribution in [2.75, 3.05) is 30.3 Å². The molecule has 0 heterocycles. The summed E-state index contributed by atoms with van der Waals surface area (Å²) in [6.07, 6.45) is 0.699. The van der Waals surface area contributed by atoms with Crippen LogP contribution in [0.5, 0.6) is 0 Å². The standard InChI is InChI=1S/C16H28N2O2S/c1-5-18(16-8-6-7-15(4)13-16)11-10-17-21(19,20)12-9-14(2)3/h6-8,13-14,17H,5,9-12H2,1-4H3. The number of aryl methyl sites for hydroxylation is 1. The molecule has 5 heteroatoms. The molecule has 0 aliphatic rings. The van der Waals surface area contributed by atoms with Crippen molar-refractivity contribution in [2.24, 2.45) is 5.92 Å². The van der Waals surface area contributed by atoms with Crippen LogP contribution >= 0.6 is 0 Å². The van der Waals surface area contributed by atoms with Crippen LogP contribution in [0.2, 0.25) is 0 Å². The van der Waals surface area contributed by atoms with E-state index in [1.807, 2.05) is 19.9 Å². The van der Waals surface area contributed by atoms with Gasteiger partial charge in [0.15, 0.2) is 0 Å². The van der Waals surface area contributed by atoms with Gasteiger partial charge in [-0.05, 0) is 43.9 Å². The Morgan fingerprint density at radius 1 is 1.29 bits per heavy atom. The molecule has 0 aromatic heterocycles. The maximum absolute atomic E-state index is 11.9. The van der Waals surface area contributed by atoms with E-state index in [1.165, 1.54) is 5.56 Å². The summed E-state index contributed by atoms with van der Waals surface area (Å²) in [7, 11) is -3.15. The van der Waals surface area contributed by atoms with Crippen LogP contribution in [0.15, 0.2) is 24.3 Å². The molecule has 0 saturated carbocycles. The van der Waals surface area contributed by atoms with Crippen molar-refractivity contribution in [3.05, 3.63) is 29.8 Å². The number of sulfonamides is 1. The van der Waals surface area contributed by atoms with Crippen LogP contribution in [-0.2, 0) is 10.0 Å². The predicted octanol–water partition coefficient (Wildman–Crippen LogP) is 2.79. The molecule has 120 valence electrons. The summed E-state index contributed by atoms with van der Waals surface area (Å²) in [6, 6.07) is 8.27. The number of anilines is 1. The van der Waals surface area contributed by atoms with E-state index in [0.717, 1.165) is 12.2 Å². The summed E-state index contributed by atoms with van der Waals surface area (Å²) in [5.41, 5.74) is 2.35. The highest BCUT2D eigenvalue weighted by atomic mass is 32.2. The lowest BCUT2D eigenvalue weighted by Crippen LogP contribution is -2.36. The lowest BCUT2D eigenvalue weighted by molar-refractivity contribution is 0.561. The number of hydrogen-bond donors (Lipinski definition) is 1. The molecule has 1 rings (SSSR count). The summed E-state index contributed by atoms with van der Waals surface area (Å²) in [5, 5.41) is 0. The normalized spacial score (nSPS) is 11.9. The zero-order valence-corrected chi connectivity index (χ0v) is 14.4. The van der Waals surface area contributed by atoms with Gasteiger partial charge >= 0.3 is 0 Å². The molecule has 0 fully saturated rings. The summed E-state index contributed by atoms with van der Waals surface area (Å²) >= 11 is 0. The highest BCUT2D eigenvalue weighted by molar-refractivity contribution is 7.89. The molecular weight excluding hydrogens is 284 g/mol. The van der Waals surface area contributed by atoms with E-state index in [2.05, 4.69) is 41.7 Å². The number of nitrogens with one attached hydrogen (secondary N) is 1. The maximum atomic E-state index is 11.9. The van der Waals surface area contributed by atoms with Crippen molar-refractivity contribution >= 4 is 15.7 Å². The summed E-state index contributed by atoms with van der Waals surface area (Å²) in [6.45, 7) is 10.2. The lowest BCUT2D eigenvalue weighted by Gasteiger charge is -2.23. The number of nitrogens with zero attached hydrogens (tertiary/aromatic N) is 1. The van der Waals surface area contributed by atoms with E-state index < -0.39 is 10.0 Å². The monoisotopic (exact) mass is 312 g/mol. The first-order valence-electron chi connectivity index (χ1n) is 7.63. The average molecular weight is 312 g/mol. The molecule has 0 saturated heterocycles. The van der Waals surface area contributed by atoms with Crippen molar-refractivity contribution in [3.8, 4) is 0 Å². The first kappa shape index (κ1) is 18.0. The second-order valence-electron chi connectivity index (χ2n) is 5.81. The third-order valence-electron chi connectivity index (χ3n) is 3.42. The van der Waals surface area contributed by atoms with Gasteiger partial charge in [0.1, 0.15) is 0 Å². The largest absolute Gasteiger partial charge is 0.370 e. The molecule has 1 aromatic carbocycles. The van der Waals surface area contributed by atoms with Crippen LogP contribution in [-0.4, -0.2) is 33.8 Å². The van der Waals surface area contributed by atoms with Crippen molar-refractivity contribution in [1.82, 2.24) is 4.72 Å². The van der Waals surface area contributed by atoms with Crippen LogP contribution in [0.3, 0.4) is 0 Å². The average Bonchev–Trinajstić information content (AvgIpc) is 2.41. The van der Waals surface area contributed by atoms with Gasteiger partial charge in [-0.3, -0.25) is 0 Å². The third kappa shape index (κ3) is 6.96. The minimum absolute atomic E-state index is 0.210. The van der Waals surface area contributed by atoms with Crippen LogP contribution in [0.1, 0.15) is 32.8 Å². The van der Waals surface area contributed by atoms with Crippen LogP contribution in [0, 0.1) is 12.8 Å². The van der Waals surface area contributed by atoms with E-state index in [4.69, 9.17) is 0 Å². The quantitative estimate of drug-likeness (QED) is 0.763. The molecule has 21 heavy (non-hydrogen) atoms. The van der Waals surface area contributed by atoms with Crippen molar-refractivity contribution in [3.63, 3.8) is 0 Å². The van der Waals surface area contributed by atoms with E-state index in [-0.39, 0.29) is 5.75 Å². The molecule has 0 atom stereocenters. The highest BCUT2D eigenvalue weighted by Crippen LogP contribution is 2.15. The SMILES string of the molecule is CCN(CCNS(=O)(=O)CCC(C)C)c1cccc(C)c1.